The summed E-state index contributed by atoms with van der Waals surface area (Å²) in [5.41, 5.74) is 2.32. The first kappa shape index (κ1) is 16.3. The summed E-state index contributed by atoms with van der Waals surface area (Å²) in [6.07, 6.45) is 2.72. The van der Waals surface area contributed by atoms with Gasteiger partial charge in [0, 0.05) is 23.0 Å². The molecule has 2 N–H and O–H groups in total. The smallest absolute Gasteiger partial charge is 0.147 e. The van der Waals surface area contributed by atoms with E-state index in [2.05, 4.69) is 52.6 Å². The van der Waals surface area contributed by atoms with E-state index in [9.17, 15) is 0 Å². The maximum atomic E-state index is 5.24. The Hall–Kier alpha value is -2.18. The lowest BCUT2D eigenvalue weighted by atomic mass is 10.0. The summed E-state index contributed by atoms with van der Waals surface area (Å²) in [5, 5.41) is 7.14. The van der Waals surface area contributed by atoms with Crippen molar-refractivity contribution in [2.45, 2.75) is 31.8 Å². The molecule has 1 saturated heterocycles. The second-order valence-corrected chi connectivity index (χ2v) is 8.14. The molecule has 0 aliphatic carbocycles. The van der Waals surface area contributed by atoms with Crippen molar-refractivity contribution >= 4 is 27.4 Å². The van der Waals surface area contributed by atoms with E-state index in [4.69, 9.17) is 4.74 Å². The normalized spacial score (nSPS) is 19.2. The van der Waals surface area contributed by atoms with Crippen LogP contribution < -0.4 is 15.4 Å². The Morgan fingerprint density at radius 1 is 1.24 bits per heavy atom. The Morgan fingerprint density at radius 3 is 2.72 bits per heavy atom. The summed E-state index contributed by atoms with van der Waals surface area (Å²) in [6, 6.07) is 10.6. The molecule has 0 bridgehead atoms. The number of nitrogens with zero attached hydrogens (tertiary/aromatic N) is 2. The average Bonchev–Trinajstić information content (AvgIpc) is 3.19. The van der Waals surface area contributed by atoms with Crippen molar-refractivity contribution in [1.82, 2.24) is 15.3 Å². The molecule has 0 amide bonds. The van der Waals surface area contributed by atoms with Crippen LogP contribution in [0.4, 0.5) is 5.82 Å². The van der Waals surface area contributed by atoms with E-state index in [0.29, 0.717) is 6.04 Å². The van der Waals surface area contributed by atoms with Gasteiger partial charge in [-0.05, 0) is 56.2 Å². The van der Waals surface area contributed by atoms with E-state index < -0.39 is 0 Å². The van der Waals surface area contributed by atoms with Crippen molar-refractivity contribution in [2.24, 2.45) is 0 Å². The highest BCUT2D eigenvalue weighted by atomic mass is 32.1. The van der Waals surface area contributed by atoms with Crippen LogP contribution in [0, 0.1) is 0 Å². The summed E-state index contributed by atoms with van der Waals surface area (Å²) >= 11 is 1.72. The molecule has 6 heteroatoms. The molecule has 1 atom stereocenters. The molecule has 0 radical (unpaired) electrons. The van der Waals surface area contributed by atoms with Crippen LogP contribution in [0.15, 0.2) is 36.7 Å². The van der Waals surface area contributed by atoms with Gasteiger partial charge in [-0.3, -0.25) is 0 Å². The third kappa shape index (κ3) is 3.32. The highest BCUT2D eigenvalue weighted by Gasteiger charge is 2.30. The predicted molar refractivity (Wildman–Crippen MR) is 104 cm³/mol. The monoisotopic (exact) mass is 354 g/mol. The van der Waals surface area contributed by atoms with E-state index in [-0.39, 0.29) is 5.54 Å². The Labute approximate surface area is 151 Å². The molecule has 3 heterocycles. The number of hydrogen-bond donors (Lipinski definition) is 2. The van der Waals surface area contributed by atoms with Gasteiger partial charge >= 0.3 is 0 Å². The van der Waals surface area contributed by atoms with E-state index in [1.807, 2.05) is 12.1 Å². The average molecular weight is 354 g/mol. The van der Waals surface area contributed by atoms with Gasteiger partial charge in [0.1, 0.15) is 17.9 Å². The van der Waals surface area contributed by atoms with Gasteiger partial charge in [0.15, 0.2) is 0 Å². The number of fused-ring (bicyclic) bond motifs is 1. The fraction of sp³-hybridized carbons (Fsp3) is 0.368. The lowest BCUT2D eigenvalue weighted by Gasteiger charge is -2.17. The zero-order valence-electron chi connectivity index (χ0n) is 14.7. The SMILES string of the molecule is COc1ccc(-c2cc3ncnc(NC4CNC(C)(C)C4)c3s2)cc1. The summed E-state index contributed by atoms with van der Waals surface area (Å²) in [6.45, 7) is 5.42. The third-order valence-electron chi connectivity index (χ3n) is 4.61. The first-order chi connectivity index (χ1) is 12.0. The molecule has 1 aromatic carbocycles. The fourth-order valence-corrected chi connectivity index (χ4v) is 4.38. The Bertz CT molecular complexity index is 888. The highest BCUT2D eigenvalue weighted by molar-refractivity contribution is 7.22. The largest absolute Gasteiger partial charge is 0.497 e. The van der Waals surface area contributed by atoms with Crippen LogP contribution in [0.25, 0.3) is 20.7 Å². The molecule has 1 aliphatic rings. The molecule has 5 nitrogen and oxygen atoms in total. The van der Waals surface area contributed by atoms with E-state index >= 15 is 0 Å². The lowest BCUT2D eigenvalue weighted by Crippen LogP contribution is -2.31. The molecular weight excluding hydrogens is 332 g/mol. The van der Waals surface area contributed by atoms with Crippen LogP contribution >= 0.6 is 11.3 Å². The number of benzene rings is 1. The molecular formula is C19H22N4OS. The number of hydrogen-bond acceptors (Lipinski definition) is 6. The van der Waals surface area contributed by atoms with Gasteiger partial charge in [0.2, 0.25) is 0 Å². The summed E-state index contributed by atoms with van der Waals surface area (Å²) in [7, 11) is 1.68. The van der Waals surface area contributed by atoms with Gasteiger partial charge in [0.05, 0.1) is 17.3 Å². The summed E-state index contributed by atoms with van der Waals surface area (Å²) < 4.78 is 6.35. The minimum Gasteiger partial charge on any atom is -0.497 e. The number of nitrogens with one attached hydrogen (secondary N) is 2. The van der Waals surface area contributed by atoms with Crippen molar-refractivity contribution in [3.63, 3.8) is 0 Å². The van der Waals surface area contributed by atoms with Gasteiger partial charge < -0.3 is 15.4 Å². The lowest BCUT2D eigenvalue weighted by molar-refractivity contribution is 0.415. The van der Waals surface area contributed by atoms with Crippen LogP contribution in [0.1, 0.15) is 20.3 Å². The van der Waals surface area contributed by atoms with Crippen LogP contribution in [0.5, 0.6) is 5.75 Å². The van der Waals surface area contributed by atoms with Crippen LogP contribution in [0.3, 0.4) is 0 Å². The predicted octanol–water partition coefficient (Wildman–Crippen LogP) is 3.92. The molecule has 25 heavy (non-hydrogen) atoms. The molecule has 1 fully saturated rings. The molecule has 1 aliphatic heterocycles. The van der Waals surface area contributed by atoms with Gasteiger partial charge in [0.25, 0.3) is 0 Å². The first-order valence-electron chi connectivity index (χ1n) is 8.45. The molecule has 130 valence electrons. The minimum absolute atomic E-state index is 0.174. The molecule has 0 saturated carbocycles. The second-order valence-electron chi connectivity index (χ2n) is 7.09. The summed E-state index contributed by atoms with van der Waals surface area (Å²) in [4.78, 5) is 10.1. The topological polar surface area (TPSA) is 59.1 Å². The second kappa shape index (κ2) is 6.28. The van der Waals surface area contributed by atoms with Crippen molar-refractivity contribution in [3.05, 3.63) is 36.7 Å². The molecule has 4 rings (SSSR count). The maximum Gasteiger partial charge on any atom is 0.147 e. The fourth-order valence-electron chi connectivity index (χ4n) is 3.31. The van der Waals surface area contributed by atoms with E-state index in [1.54, 1.807) is 24.8 Å². The first-order valence-corrected chi connectivity index (χ1v) is 9.26. The number of methoxy groups -OCH3 is 1. The molecule has 0 spiro atoms. The number of rotatable bonds is 4. The number of aromatic nitrogens is 2. The number of thiophene rings is 1. The Morgan fingerprint density at radius 2 is 2.04 bits per heavy atom. The van der Waals surface area contributed by atoms with E-state index in [0.717, 1.165) is 34.7 Å². The minimum atomic E-state index is 0.174. The molecule has 3 aromatic rings. The number of ether oxygens (including phenoxy) is 1. The Balaban J connectivity index is 1.64. The zero-order chi connectivity index (χ0) is 17.4. The summed E-state index contributed by atoms with van der Waals surface area (Å²) in [5.74, 6) is 1.79. The van der Waals surface area contributed by atoms with Crippen molar-refractivity contribution in [2.75, 3.05) is 19.0 Å². The molecule has 1 unspecified atom stereocenters. The van der Waals surface area contributed by atoms with Crippen LogP contribution in [0.2, 0.25) is 0 Å². The quantitative estimate of drug-likeness (QED) is 0.744. The third-order valence-corrected chi connectivity index (χ3v) is 5.79. The Kier molecular flexibility index (Phi) is 4.09. The standard InChI is InChI=1S/C19H22N4OS/c1-19(2)9-13(10-22-19)23-18-17-15(20-11-21-18)8-16(25-17)12-4-6-14(24-3)7-5-12/h4-8,11,13,22H,9-10H2,1-3H3,(H,20,21,23). The van der Waals surface area contributed by atoms with Crippen molar-refractivity contribution in [3.8, 4) is 16.2 Å². The van der Waals surface area contributed by atoms with Gasteiger partial charge in [-0.15, -0.1) is 11.3 Å². The van der Waals surface area contributed by atoms with Gasteiger partial charge in [-0.1, -0.05) is 0 Å². The number of anilines is 1. The highest BCUT2D eigenvalue weighted by Crippen LogP contribution is 2.36. The van der Waals surface area contributed by atoms with Crippen molar-refractivity contribution < 1.29 is 4.74 Å². The van der Waals surface area contributed by atoms with Gasteiger partial charge in [-0.25, -0.2) is 9.97 Å². The van der Waals surface area contributed by atoms with Crippen LogP contribution in [-0.4, -0.2) is 35.2 Å². The van der Waals surface area contributed by atoms with Crippen LogP contribution in [-0.2, 0) is 0 Å². The van der Waals surface area contributed by atoms with Crippen molar-refractivity contribution in [1.29, 1.82) is 0 Å². The van der Waals surface area contributed by atoms with E-state index in [1.165, 1.54) is 10.4 Å². The zero-order valence-corrected chi connectivity index (χ0v) is 15.5. The van der Waals surface area contributed by atoms with Gasteiger partial charge in [-0.2, -0.15) is 0 Å². The maximum absolute atomic E-state index is 5.24. The molecule has 2 aromatic heterocycles.